The van der Waals surface area contributed by atoms with Gasteiger partial charge in [0.25, 0.3) is 0 Å². The Kier molecular flexibility index (Phi) is 7.07. The monoisotopic (exact) mass is 569 g/mol. The van der Waals surface area contributed by atoms with Gasteiger partial charge in [0.15, 0.2) is 17.7 Å². The van der Waals surface area contributed by atoms with Crippen molar-refractivity contribution >= 4 is 56.4 Å². The summed E-state index contributed by atoms with van der Waals surface area (Å²) in [6.07, 6.45) is -0.975. The summed E-state index contributed by atoms with van der Waals surface area (Å²) < 4.78 is 52.6. The summed E-state index contributed by atoms with van der Waals surface area (Å²) in [5.74, 6) is 0.109. The highest BCUT2D eigenvalue weighted by atomic mass is 79.9. The van der Waals surface area contributed by atoms with Crippen molar-refractivity contribution in [2.75, 3.05) is 12.3 Å². The van der Waals surface area contributed by atoms with Gasteiger partial charge < -0.3 is 35.2 Å². The lowest BCUT2D eigenvalue weighted by Gasteiger charge is -2.19. The van der Waals surface area contributed by atoms with Crippen molar-refractivity contribution in [3.8, 4) is 0 Å². The normalized spacial score (nSPS) is 28.5. The van der Waals surface area contributed by atoms with Crippen molar-refractivity contribution in [2.45, 2.75) is 23.3 Å². The number of nitrogens with zero attached hydrogens (tertiary/aromatic N) is 4. The first-order valence-corrected chi connectivity index (χ1v) is 13.3. The van der Waals surface area contributed by atoms with Gasteiger partial charge >= 0.3 is 23.5 Å². The van der Waals surface area contributed by atoms with Crippen LogP contribution in [-0.2, 0) is 31.6 Å². The lowest BCUT2D eigenvalue weighted by molar-refractivity contribution is -0.0421. The second kappa shape index (κ2) is 8.83. The third kappa shape index (κ3) is 5.94. The maximum atomic E-state index is 11.8. The number of alkyl halides is 1. The van der Waals surface area contributed by atoms with Crippen LogP contribution in [0, 0.1) is 0 Å². The highest BCUT2D eigenvalue weighted by Gasteiger charge is 2.46. The maximum absolute atomic E-state index is 11.8. The van der Waals surface area contributed by atoms with E-state index in [1.54, 1.807) is 0 Å². The van der Waals surface area contributed by atoms with Crippen LogP contribution in [0.4, 0.5) is 5.82 Å². The molecule has 21 heteroatoms. The van der Waals surface area contributed by atoms with Gasteiger partial charge in [-0.3, -0.25) is 9.09 Å². The largest absolute Gasteiger partial charge is 0.490 e. The van der Waals surface area contributed by atoms with Crippen LogP contribution in [0.1, 0.15) is 6.23 Å². The molecule has 0 saturated carbocycles. The molecule has 3 rings (SSSR count). The summed E-state index contributed by atoms with van der Waals surface area (Å²) in [5.41, 5.74) is 6.27. The average molecular weight is 570 g/mol. The van der Waals surface area contributed by atoms with Gasteiger partial charge in [-0.15, -0.1) is 0 Å². The van der Waals surface area contributed by atoms with Crippen molar-refractivity contribution in [3.05, 3.63) is 12.7 Å². The van der Waals surface area contributed by atoms with E-state index in [0.29, 0.717) is 0 Å². The summed E-state index contributed by atoms with van der Waals surface area (Å²) in [6, 6.07) is 0. The molecule has 1 fully saturated rings. The topological polar surface area (TPSA) is 259 Å². The van der Waals surface area contributed by atoms with E-state index in [-0.39, 0.29) is 17.0 Å². The number of halogens is 1. The Bertz CT molecular complexity index is 1110. The molecule has 3 heterocycles. The van der Waals surface area contributed by atoms with E-state index in [0.717, 1.165) is 0 Å². The molecule has 1 saturated heterocycles. The Hall–Kier alpha value is -0.840. The predicted molar refractivity (Wildman–Crippen MR) is 102 cm³/mol. The van der Waals surface area contributed by atoms with Gasteiger partial charge in [0.2, 0.25) is 0 Å². The minimum absolute atomic E-state index is 0.109. The molecule has 6 atom stereocenters. The fraction of sp³-hybridized carbons (Fsp3) is 0.500. The molecule has 2 unspecified atom stereocenters. The molecule has 2 aromatic rings. The number of phosphoric ester groups is 1. The third-order valence-electron chi connectivity index (χ3n) is 3.77. The highest BCUT2D eigenvalue weighted by molar-refractivity contribution is 9.09. The molecule has 0 spiro atoms. The van der Waals surface area contributed by atoms with Gasteiger partial charge in [-0.05, 0) is 0 Å². The quantitative estimate of drug-likeness (QED) is 0.177. The second-order valence-corrected chi connectivity index (χ2v) is 11.4. The third-order valence-corrected chi connectivity index (χ3v) is 8.57. The fourth-order valence-electron chi connectivity index (χ4n) is 2.59. The van der Waals surface area contributed by atoms with Gasteiger partial charge in [-0.2, -0.15) is 8.62 Å². The number of hydrogen-bond acceptors (Lipinski definition) is 12. The number of nitrogens with two attached hydrogens (primary N) is 1. The standard InChI is InChI=1S/C10H15BrN5O12P3/c11-5-7(17)4(1-25-30(21,22)28-31(23,24)27-29(18,19)20)26-10(5)16-3-15-6-8(12)13-2-14-9(6)16/h2-5,7,10,17H,1H2,(H,21,22)(H,23,24)(H2,12,13,14)(H2,18,19,20)/t4-,5-,7-,10-/m1/s1. The number of aliphatic hydroxyl groups is 1. The van der Waals surface area contributed by atoms with E-state index >= 15 is 0 Å². The van der Waals surface area contributed by atoms with Crippen LogP contribution < -0.4 is 5.73 Å². The lowest BCUT2D eigenvalue weighted by Crippen LogP contribution is -2.30. The molecule has 2 aromatic heterocycles. The zero-order chi connectivity index (χ0) is 23.2. The summed E-state index contributed by atoms with van der Waals surface area (Å²) >= 11 is 3.23. The molecule has 0 amide bonds. The average Bonchev–Trinajstić information content (AvgIpc) is 3.13. The second-order valence-electron chi connectivity index (χ2n) is 5.97. The van der Waals surface area contributed by atoms with E-state index < -0.39 is 53.3 Å². The zero-order valence-corrected chi connectivity index (χ0v) is 19.1. The van der Waals surface area contributed by atoms with E-state index in [9.17, 15) is 23.7 Å². The molecule has 0 radical (unpaired) electrons. The first kappa shape index (κ1) is 24.8. The van der Waals surface area contributed by atoms with Crippen LogP contribution in [0.3, 0.4) is 0 Å². The molecule has 174 valence electrons. The van der Waals surface area contributed by atoms with E-state index in [4.69, 9.17) is 25.2 Å². The molecular weight excluding hydrogens is 555 g/mol. The van der Waals surface area contributed by atoms with Crippen LogP contribution in [0.5, 0.6) is 0 Å². The van der Waals surface area contributed by atoms with Crippen molar-refractivity contribution < 1.29 is 56.3 Å². The molecule has 0 aromatic carbocycles. The Labute approximate surface area is 180 Å². The SMILES string of the molecule is Nc1ncnc2c1ncn2[C@@H]1O[C@H](COP(=O)(O)OP(=O)(O)OP(=O)(O)O)[C@@H](O)[C@H]1Br. The number of ether oxygens (including phenoxy) is 1. The van der Waals surface area contributed by atoms with Gasteiger partial charge in [-0.1, -0.05) is 15.9 Å². The number of aliphatic hydroxyl groups excluding tert-OH is 1. The molecule has 0 aliphatic carbocycles. The smallest absolute Gasteiger partial charge is 0.389 e. The molecule has 1 aliphatic heterocycles. The number of phosphoric acid groups is 3. The van der Waals surface area contributed by atoms with Crippen molar-refractivity contribution in [3.63, 3.8) is 0 Å². The van der Waals surface area contributed by atoms with E-state index in [2.05, 4.69) is 44.0 Å². The minimum atomic E-state index is -5.66. The van der Waals surface area contributed by atoms with Crippen LogP contribution in [0.25, 0.3) is 11.2 Å². The summed E-state index contributed by atoms with van der Waals surface area (Å²) in [4.78, 5) is 46.8. The summed E-state index contributed by atoms with van der Waals surface area (Å²) in [7, 11) is -16.5. The number of imidazole rings is 1. The van der Waals surface area contributed by atoms with Gasteiger partial charge in [0.05, 0.1) is 23.9 Å². The molecule has 7 N–H and O–H groups in total. The van der Waals surface area contributed by atoms with Gasteiger partial charge in [0.1, 0.15) is 17.9 Å². The van der Waals surface area contributed by atoms with Gasteiger partial charge in [0, 0.05) is 0 Å². The number of anilines is 1. The number of fused-ring (bicyclic) bond motifs is 1. The summed E-state index contributed by atoms with van der Waals surface area (Å²) in [6.45, 7) is -0.826. The molecule has 0 bridgehead atoms. The van der Waals surface area contributed by atoms with E-state index in [1.807, 2.05) is 0 Å². The number of hydrogen-bond donors (Lipinski definition) is 6. The predicted octanol–water partition coefficient (Wildman–Crippen LogP) is -0.226. The van der Waals surface area contributed by atoms with Gasteiger partial charge in [-0.25, -0.2) is 28.6 Å². The first-order chi connectivity index (χ1) is 14.2. The van der Waals surface area contributed by atoms with Crippen LogP contribution in [-0.4, -0.2) is 67.8 Å². The van der Waals surface area contributed by atoms with Crippen LogP contribution in [0.2, 0.25) is 0 Å². The van der Waals surface area contributed by atoms with Crippen molar-refractivity contribution in [1.29, 1.82) is 0 Å². The Morgan fingerprint density at radius 2 is 1.81 bits per heavy atom. The number of nitrogen functional groups attached to an aromatic ring is 1. The van der Waals surface area contributed by atoms with Crippen LogP contribution >= 0.6 is 39.4 Å². The fourth-order valence-corrected chi connectivity index (χ4v) is 6.34. The minimum Gasteiger partial charge on any atom is -0.389 e. The molecule has 31 heavy (non-hydrogen) atoms. The molecular formula is C10H15BrN5O12P3. The van der Waals surface area contributed by atoms with Crippen molar-refractivity contribution in [1.82, 2.24) is 19.5 Å². The molecule has 17 nitrogen and oxygen atoms in total. The van der Waals surface area contributed by atoms with Crippen molar-refractivity contribution in [2.24, 2.45) is 0 Å². The zero-order valence-electron chi connectivity index (χ0n) is 14.9. The van der Waals surface area contributed by atoms with Crippen LogP contribution in [0.15, 0.2) is 12.7 Å². The maximum Gasteiger partial charge on any atom is 0.490 e. The van der Waals surface area contributed by atoms with E-state index in [1.165, 1.54) is 17.2 Å². The Morgan fingerprint density at radius 1 is 1.13 bits per heavy atom. The summed E-state index contributed by atoms with van der Waals surface area (Å²) in [5, 5.41) is 10.3. The Morgan fingerprint density at radius 3 is 2.45 bits per heavy atom. The number of aromatic nitrogens is 4. The number of rotatable bonds is 8. The first-order valence-electron chi connectivity index (χ1n) is 7.88. The lowest BCUT2D eigenvalue weighted by atomic mass is 10.2. The highest BCUT2D eigenvalue weighted by Crippen LogP contribution is 2.66. The molecule has 1 aliphatic rings. The Balaban J connectivity index is 1.69.